The molecule has 0 atom stereocenters. The molecule has 0 unspecified atom stereocenters. The Morgan fingerprint density at radius 3 is 3.00 bits per heavy atom. The Hall–Kier alpha value is -1.94. The number of nitrogens with zero attached hydrogens (tertiary/aromatic N) is 3. The number of hydrogen-bond donors (Lipinski definition) is 0. The Morgan fingerprint density at radius 2 is 2.22 bits per heavy atom. The Morgan fingerprint density at radius 1 is 1.33 bits per heavy atom. The molecule has 0 aromatic carbocycles. The van der Waals surface area contributed by atoms with Crippen molar-refractivity contribution in [2.75, 3.05) is 20.1 Å². The van der Waals surface area contributed by atoms with E-state index in [2.05, 4.69) is 23.0 Å². The summed E-state index contributed by atoms with van der Waals surface area (Å²) in [6.07, 6.45) is 4.86. The molecule has 0 radical (unpaired) electrons. The van der Waals surface area contributed by atoms with Crippen molar-refractivity contribution in [3.63, 3.8) is 0 Å². The van der Waals surface area contributed by atoms with Crippen LogP contribution in [0.3, 0.4) is 0 Å². The summed E-state index contributed by atoms with van der Waals surface area (Å²) in [5, 5.41) is 0. The van der Waals surface area contributed by atoms with Crippen LogP contribution < -0.4 is 5.56 Å². The van der Waals surface area contributed by atoms with Crippen LogP contribution in [0.4, 0.5) is 0 Å². The molecule has 3 heterocycles. The molecule has 4 heteroatoms. The van der Waals surface area contributed by atoms with Crippen molar-refractivity contribution in [1.29, 1.82) is 0 Å². The predicted octanol–water partition coefficient (Wildman–Crippen LogP) is 1.41. The van der Waals surface area contributed by atoms with Gasteiger partial charge in [-0.3, -0.25) is 9.20 Å². The molecule has 0 spiro atoms. The van der Waals surface area contributed by atoms with Crippen molar-refractivity contribution in [1.82, 2.24) is 14.3 Å². The molecule has 0 bridgehead atoms. The fourth-order valence-electron chi connectivity index (χ4n) is 2.22. The van der Waals surface area contributed by atoms with Gasteiger partial charge in [-0.15, -0.1) is 0 Å². The number of fused-ring (bicyclic) bond motifs is 1. The maximum atomic E-state index is 12.0. The van der Waals surface area contributed by atoms with E-state index < -0.39 is 0 Å². The minimum absolute atomic E-state index is 0.0181. The van der Waals surface area contributed by atoms with E-state index in [1.807, 2.05) is 18.2 Å². The number of aromatic nitrogens is 2. The van der Waals surface area contributed by atoms with Crippen LogP contribution in [0.5, 0.6) is 0 Å². The van der Waals surface area contributed by atoms with Crippen molar-refractivity contribution >= 4 is 11.2 Å². The highest BCUT2D eigenvalue weighted by Crippen LogP contribution is 2.19. The first-order chi connectivity index (χ1) is 8.74. The highest BCUT2D eigenvalue weighted by molar-refractivity contribution is 5.65. The molecule has 2 aromatic heterocycles. The van der Waals surface area contributed by atoms with Gasteiger partial charge in [-0.05, 0) is 31.2 Å². The van der Waals surface area contributed by atoms with E-state index >= 15 is 0 Å². The quantitative estimate of drug-likeness (QED) is 0.757. The number of hydrogen-bond acceptors (Lipinski definition) is 3. The summed E-state index contributed by atoms with van der Waals surface area (Å²) in [5.41, 5.74) is 2.69. The van der Waals surface area contributed by atoms with Crippen LogP contribution in [0, 0.1) is 0 Å². The van der Waals surface area contributed by atoms with E-state index in [-0.39, 0.29) is 5.56 Å². The van der Waals surface area contributed by atoms with E-state index in [0.717, 1.165) is 25.2 Å². The summed E-state index contributed by atoms with van der Waals surface area (Å²) >= 11 is 0. The molecule has 0 saturated carbocycles. The molecule has 18 heavy (non-hydrogen) atoms. The first-order valence-electron chi connectivity index (χ1n) is 6.10. The lowest BCUT2D eigenvalue weighted by Crippen LogP contribution is -2.24. The van der Waals surface area contributed by atoms with Gasteiger partial charge in [-0.1, -0.05) is 12.1 Å². The predicted molar refractivity (Wildman–Crippen MR) is 71.6 cm³/mol. The third-order valence-corrected chi connectivity index (χ3v) is 3.31. The van der Waals surface area contributed by atoms with Gasteiger partial charge >= 0.3 is 0 Å². The van der Waals surface area contributed by atoms with Gasteiger partial charge in [0, 0.05) is 25.4 Å². The van der Waals surface area contributed by atoms with E-state index in [0.29, 0.717) is 5.65 Å². The maximum absolute atomic E-state index is 12.0. The highest BCUT2D eigenvalue weighted by Gasteiger charge is 2.12. The van der Waals surface area contributed by atoms with Crippen molar-refractivity contribution in [2.24, 2.45) is 0 Å². The number of pyridine rings is 1. The minimum Gasteiger partial charge on any atom is -0.302 e. The molecule has 1 aliphatic rings. The molecule has 4 nitrogen and oxygen atoms in total. The zero-order valence-electron chi connectivity index (χ0n) is 10.3. The Bertz CT molecular complexity index is 672. The summed E-state index contributed by atoms with van der Waals surface area (Å²) < 4.78 is 1.57. The lowest BCUT2D eigenvalue weighted by Gasteiger charge is -2.21. The normalized spacial score (nSPS) is 16.8. The second kappa shape index (κ2) is 4.38. The van der Waals surface area contributed by atoms with Gasteiger partial charge in [0.1, 0.15) is 5.65 Å². The van der Waals surface area contributed by atoms with Gasteiger partial charge in [0.05, 0.1) is 5.69 Å². The topological polar surface area (TPSA) is 37.6 Å². The molecule has 3 rings (SSSR count). The monoisotopic (exact) mass is 241 g/mol. The maximum Gasteiger partial charge on any atom is 0.258 e. The summed E-state index contributed by atoms with van der Waals surface area (Å²) in [6.45, 7) is 1.94. The van der Waals surface area contributed by atoms with Crippen molar-refractivity contribution in [3.05, 3.63) is 52.6 Å². The summed E-state index contributed by atoms with van der Waals surface area (Å²) in [7, 11) is 2.09. The van der Waals surface area contributed by atoms with Crippen molar-refractivity contribution in [2.45, 2.75) is 6.42 Å². The van der Waals surface area contributed by atoms with Gasteiger partial charge in [0.2, 0.25) is 0 Å². The fraction of sp³-hybridized carbons (Fsp3) is 0.286. The number of rotatable bonds is 1. The second-order valence-corrected chi connectivity index (χ2v) is 4.65. The smallest absolute Gasteiger partial charge is 0.258 e. The van der Waals surface area contributed by atoms with Crippen LogP contribution in [-0.2, 0) is 0 Å². The molecule has 1 aliphatic heterocycles. The van der Waals surface area contributed by atoms with Gasteiger partial charge in [0.25, 0.3) is 5.56 Å². The average Bonchev–Trinajstić information content (AvgIpc) is 2.39. The van der Waals surface area contributed by atoms with Gasteiger partial charge in [-0.2, -0.15) is 0 Å². The molecule has 2 aromatic rings. The molecular formula is C14H15N3O. The first-order valence-corrected chi connectivity index (χ1v) is 6.10. The first kappa shape index (κ1) is 11.2. The zero-order chi connectivity index (χ0) is 12.5. The Labute approximate surface area is 105 Å². The van der Waals surface area contributed by atoms with Crippen LogP contribution in [-0.4, -0.2) is 34.4 Å². The van der Waals surface area contributed by atoms with E-state index in [9.17, 15) is 4.79 Å². The van der Waals surface area contributed by atoms with Crippen molar-refractivity contribution < 1.29 is 0 Å². The molecule has 0 aliphatic carbocycles. The third kappa shape index (κ3) is 1.95. The van der Waals surface area contributed by atoms with E-state index in [4.69, 9.17) is 0 Å². The molecule has 92 valence electrons. The Balaban J connectivity index is 2.11. The molecular weight excluding hydrogens is 226 g/mol. The lowest BCUT2D eigenvalue weighted by molar-refractivity contribution is 0.369. The van der Waals surface area contributed by atoms with Crippen LogP contribution in [0.25, 0.3) is 11.2 Å². The molecule has 0 N–H and O–H groups in total. The minimum atomic E-state index is -0.0181. The average molecular weight is 241 g/mol. The van der Waals surface area contributed by atoms with Gasteiger partial charge in [-0.25, -0.2) is 4.98 Å². The molecule has 0 amide bonds. The van der Waals surface area contributed by atoms with E-state index in [1.165, 1.54) is 5.57 Å². The molecule has 0 fully saturated rings. The highest BCUT2D eigenvalue weighted by atomic mass is 16.1. The third-order valence-electron chi connectivity index (χ3n) is 3.31. The molecule has 0 saturated heterocycles. The second-order valence-electron chi connectivity index (χ2n) is 4.65. The lowest BCUT2D eigenvalue weighted by atomic mass is 10.1. The largest absolute Gasteiger partial charge is 0.302 e. The van der Waals surface area contributed by atoms with Crippen LogP contribution in [0.2, 0.25) is 0 Å². The van der Waals surface area contributed by atoms with Crippen LogP contribution >= 0.6 is 0 Å². The number of likely N-dealkylation sites (N-methyl/N-ethyl adjacent to an activating group) is 1. The summed E-state index contributed by atoms with van der Waals surface area (Å²) in [5.74, 6) is 0. The van der Waals surface area contributed by atoms with Crippen molar-refractivity contribution in [3.8, 4) is 0 Å². The fourth-order valence-corrected chi connectivity index (χ4v) is 2.22. The standard InChI is InChI=1S/C14H15N3O/c1-16-8-5-11(6-9-16)12-10-14(18)17-7-3-2-4-13(17)15-12/h2-5,7,10H,6,8-9H2,1H3. The van der Waals surface area contributed by atoms with E-state index in [1.54, 1.807) is 16.7 Å². The van der Waals surface area contributed by atoms with Gasteiger partial charge < -0.3 is 4.90 Å². The van der Waals surface area contributed by atoms with Gasteiger partial charge in [0.15, 0.2) is 0 Å². The Kier molecular flexibility index (Phi) is 2.72. The summed E-state index contributed by atoms with van der Waals surface area (Å²) in [6, 6.07) is 7.23. The zero-order valence-corrected chi connectivity index (χ0v) is 10.3. The summed E-state index contributed by atoms with van der Waals surface area (Å²) in [4.78, 5) is 18.8. The van der Waals surface area contributed by atoms with Crippen LogP contribution in [0.15, 0.2) is 41.3 Å². The van der Waals surface area contributed by atoms with Crippen LogP contribution in [0.1, 0.15) is 12.1 Å². The SMILES string of the molecule is CN1CC=C(c2cc(=O)n3ccccc3n2)CC1.